The maximum atomic E-state index is 10.7. The molecular weight excluding hydrogens is 192 g/mol. The van der Waals surface area contributed by atoms with Crippen LogP contribution in [0.2, 0.25) is 0 Å². The van der Waals surface area contributed by atoms with Gasteiger partial charge in [-0.05, 0) is 18.3 Å². The topological polar surface area (TPSA) is 75.3 Å². The Morgan fingerprint density at radius 2 is 2.20 bits per heavy atom. The minimum atomic E-state index is -1.06. The molecule has 1 rings (SSSR count). The summed E-state index contributed by atoms with van der Waals surface area (Å²) in [5, 5.41) is 12.5. The summed E-state index contributed by atoms with van der Waals surface area (Å²) in [6, 6.07) is 0.405. The summed E-state index contributed by atoms with van der Waals surface area (Å²) in [5.41, 5.74) is 4.98. The molecule has 0 spiro atoms. The summed E-state index contributed by atoms with van der Waals surface area (Å²) < 4.78 is 0. The number of hydrogen-bond donors (Lipinski definition) is 3. The highest BCUT2D eigenvalue weighted by Gasteiger charge is 2.27. The first-order valence-corrected chi connectivity index (χ1v) is 5.73. The van der Waals surface area contributed by atoms with Crippen LogP contribution in [-0.2, 0) is 4.79 Å². The summed E-state index contributed by atoms with van der Waals surface area (Å²) >= 11 is 0. The molecule has 15 heavy (non-hydrogen) atoms. The highest BCUT2D eigenvalue weighted by molar-refractivity contribution is 5.78. The molecule has 1 amide bonds. The second-order valence-corrected chi connectivity index (χ2v) is 4.70. The van der Waals surface area contributed by atoms with Gasteiger partial charge >= 0.3 is 0 Å². The minimum Gasteiger partial charge on any atom is -0.382 e. The highest BCUT2D eigenvalue weighted by Crippen LogP contribution is 2.29. The fourth-order valence-electron chi connectivity index (χ4n) is 2.23. The number of nitrogens with two attached hydrogens (primary N) is 1. The number of aliphatic hydroxyl groups excluding tert-OH is 1. The molecule has 4 atom stereocenters. The first-order chi connectivity index (χ1) is 7.02. The average molecular weight is 214 g/mol. The zero-order valence-corrected chi connectivity index (χ0v) is 9.57. The van der Waals surface area contributed by atoms with Gasteiger partial charge in [0, 0.05) is 12.6 Å². The number of amides is 1. The molecule has 0 saturated heterocycles. The Morgan fingerprint density at radius 3 is 2.80 bits per heavy atom. The number of aliphatic hydroxyl groups is 1. The Kier molecular flexibility index (Phi) is 4.54. The number of carbonyl (C=O) groups excluding carboxylic acids is 1. The summed E-state index contributed by atoms with van der Waals surface area (Å²) in [7, 11) is 0. The van der Waals surface area contributed by atoms with Gasteiger partial charge in [-0.1, -0.05) is 26.7 Å². The van der Waals surface area contributed by atoms with Crippen molar-refractivity contribution in [3.63, 3.8) is 0 Å². The molecule has 1 saturated carbocycles. The molecule has 1 aliphatic carbocycles. The molecule has 4 heteroatoms. The molecule has 1 fully saturated rings. The van der Waals surface area contributed by atoms with Crippen LogP contribution in [0.5, 0.6) is 0 Å². The van der Waals surface area contributed by atoms with Crippen molar-refractivity contribution in [3.8, 4) is 0 Å². The molecular formula is C11H22N2O2. The van der Waals surface area contributed by atoms with Crippen molar-refractivity contribution in [1.29, 1.82) is 0 Å². The third-order valence-electron chi connectivity index (χ3n) is 3.61. The van der Waals surface area contributed by atoms with E-state index in [1.807, 2.05) is 0 Å². The molecule has 0 aromatic rings. The fraction of sp³-hybridized carbons (Fsp3) is 0.909. The third-order valence-corrected chi connectivity index (χ3v) is 3.61. The molecule has 4 nitrogen and oxygen atoms in total. The van der Waals surface area contributed by atoms with Crippen molar-refractivity contribution >= 4 is 5.91 Å². The number of nitrogens with one attached hydrogen (secondary N) is 1. The van der Waals surface area contributed by atoms with Crippen LogP contribution < -0.4 is 11.1 Å². The van der Waals surface area contributed by atoms with Gasteiger partial charge in [-0.2, -0.15) is 0 Å². The Labute approximate surface area is 91.2 Å². The van der Waals surface area contributed by atoms with Gasteiger partial charge in [0.1, 0.15) is 6.10 Å². The van der Waals surface area contributed by atoms with Gasteiger partial charge in [0.25, 0.3) is 0 Å². The zero-order valence-electron chi connectivity index (χ0n) is 9.57. The number of carbonyl (C=O) groups is 1. The maximum absolute atomic E-state index is 10.7. The van der Waals surface area contributed by atoms with Crippen LogP contribution in [0.15, 0.2) is 0 Å². The van der Waals surface area contributed by atoms with E-state index >= 15 is 0 Å². The monoisotopic (exact) mass is 214 g/mol. The SMILES string of the molecule is CC1CCCC(NCC(O)C(N)=O)C1C. The van der Waals surface area contributed by atoms with E-state index in [9.17, 15) is 9.90 Å². The van der Waals surface area contributed by atoms with Crippen LogP contribution >= 0.6 is 0 Å². The van der Waals surface area contributed by atoms with Gasteiger partial charge in [-0.25, -0.2) is 0 Å². The molecule has 0 aliphatic heterocycles. The lowest BCUT2D eigenvalue weighted by molar-refractivity contribution is -0.125. The normalized spacial score (nSPS) is 33.7. The quantitative estimate of drug-likeness (QED) is 0.628. The molecule has 0 aromatic carbocycles. The van der Waals surface area contributed by atoms with E-state index in [-0.39, 0.29) is 6.54 Å². The van der Waals surface area contributed by atoms with Crippen LogP contribution in [0.25, 0.3) is 0 Å². The van der Waals surface area contributed by atoms with Gasteiger partial charge in [0.05, 0.1) is 0 Å². The molecule has 0 aromatic heterocycles. The summed E-state index contributed by atoms with van der Waals surface area (Å²) in [6.45, 7) is 4.75. The lowest BCUT2D eigenvalue weighted by Crippen LogP contribution is -2.46. The van der Waals surface area contributed by atoms with E-state index in [0.717, 1.165) is 6.42 Å². The van der Waals surface area contributed by atoms with Crippen molar-refractivity contribution in [2.24, 2.45) is 17.6 Å². The van der Waals surface area contributed by atoms with Crippen LogP contribution in [0.4, 0.5) is 0 Å². The van der Waals surface area contributed by atoms with E-state index < -0.39 is 12.0 Å². The fourth-order valence-corrected chi connectivity index (χ4v) is 2.23. The van der Waals surface area contributed by atoms with Crippen molar-refractivity contribution < 1.29 is 9.90 Å². The summed E-state index contributed by atoms with van der Waals surface area (Å²) in [6.07, 6.45) is 2.55. The number of primary amides is 1. The van der Waals surface area contributed by atoms with E-state index in [2.05, 4.69) is 19.2 Å². The van der Waals surface area contributed by atoms with Crippen LogP contribution in [0.1, 0.15) is 33.1 Å². The van der Waals surface area contributed by atoms with Gasteiger partial charge in [0.2, 0.25) is 5.91 Å². The van der Waals surface area contributed by atoms with Crippen molar-refractivity contribution in [3.05, 3.63) is 0 Å². The maximum Gasteiger partial charge on any atom is 0.247 e. The Hall–Kier alpha value is -0.610. The Bertz CT molecular complexity index is 221. The molecule has 0 bridgehead atoms. The van der Waals surface area contributed by atoms with Crippen molar-refractivity contribution in [1.82, 2.24) is 5.32 Å². The lowest BCUT2D eigenvalue weighted by Gasteiger charge is -2.35. The van der Waals surface area contributed by atoms with Gasteiger partial charge in [0.15, 0.2) is 0 Å². The first-order valence-electron chi connectivity index (χ1n) is 5.73. The van der Waals surface area contributed by atoms with E-state index in [1.54, 1.807) is 0 Å². The molecule has 4 unspecified atom stereocenters. The largest absolute Gasteiger partial charge is 0.382 e. The summed E-state index contributed by atoms with van der Waals surface area (Å²) in [4.78, 5) is 10.7. The standard InChI is InChI=1S/C11H22N2O2/c1-7-4-3-5-9(8(7)2)13-6-10(14)11(12)15/h7-10,13-14H,3-6H2,1-2H3,(H2,12,15). The number of rotatable bonds is 4. The van der Waals surface area contributed by atoms with Crippen LogP contribution in [0, 0.1) is 11.8 Å². The first kappa shape index (κ1) is 12.5. The molecule has 0 heterocycles. The molecule has 88 valence electrons. The van der Waals surface area contributed by atoms with Crippen LogP contribution in [-0.4, -0.2) is 29.7 Å². The van der Waals surface area contributed by atoms with Gasteiger partial charge in [-0.3, -0.25) is 4.79 Å². The average Bonchev–Trinajstić information content (AvgIpc) is 2.19. The summed E-state index contributed by atoms with van der Waals surface area (Å²) in [5.74, 6) is 0.653. The second kappa shape index (κ2) is 5.47. The molecule has 1 aliphatic rings. The third kappa shape index (κ3) is 3.47. The Balaban J connectivity index is 2.34. The lowest BCUT2D eigenvalue weighted by atomic mass is 9.78. The molecule has 0 radical (unpaired) electrons. The van der Waals surface area contributed by atoms with Gasteiger partial charge < -0.3 is 16.2 Å². The van der Waals surface area contributed by atoms with Gasteiger partial charge in [-0.15, -0.1) is 0 Å². The van der Waals surface area contributed by atoms with Crippen molar-refractivity contribution in [2.75, 3.05) is 6.54 Å². The number of hydrogen-bond acceptors (Lipinski definition) is 3. The predicted octanol–water partition coefficient (Wildman–Crippen LogP) is 0.247. The zero-order chi connectivity index (χ0) is 11.4. The Morgan fingerprint density at radius 1 is 1.53 bits per heavy atom. The predicted molar refractivity (Wildman–Crippen MR) is 59.2 cm³/mol. The van der Waals surface area contributed by atoms with E-state index in [4.69, 9.17) is 5.73 Å². The smallest absolute Gasteiger partial charge is 0.247 e. The molecule has 4 N–H and O–H groups in total. The van der Waals surface area contributed by atoms with Crippen LogP contribution in [0.3, 0.4) is 0 Å². The second-order valence-electron chi connectivity index (χ2n) is 4.70. The van der Waals surface area contributed by atoms with E-state index in [0.29, 0.717) is 17.9 Å². The highest BCUT2D eigenvalue weighted by atomic mass is 16.3. The van der Waals surface area contributed by atoms with E-state index in [1.165, 1.54) is 12.8 Å². The minimum absolute atomic E-state index is 0.275. The van der Waals surface area contributed by atoms with Crippen molar-refractivity contribution in [2.45, 2.75) is 45.3 Å².